The summed E-state index contributed by atoms with van der Waals surface area (Å²) in [7, 11) is 0. The number of rotatable bonds is 5. The molecule has 1 N–H and O–H groups in total. The summed E-state index contributed by atoms with van der Waals surface area (Å²) < 4.78 is 0. The zero-order valence-electron chi connectivity index (χ0n) is 11.5. The molecule has 1 aromatic heterocycles. The van der Waals surface area contributed by atoms with Gasteiger partial charge in [0.25, 0.3) is 0 Å². The second-order valence-electron chi connectivity index (χ2n) is 4.99. The maximum atomic E-state index is 4.34. The van der Waals surface area contributed by atoms with E-state index in [0.717, 1.165) is 31.8 Å². The van der Waals surface area contributed by atoms with Crippen LogP contribution >= 0.6 is 0 Å². The Kier molecular flexibility index (Phi) is 3.97. The standard InChI is InChI=1S/C17H19N3/c1-3-7-15(8-4-1)13-20(14-17-18-11-12-19-17)16-9-5-2-6-10-16/h1,3-5,7-12H,2,6,13-14H2,(H,18,19). The van der Waals surface area contributed by atoms with Crippen molar-refractivity contribution in [3.63, 3.8) is 0 Å². The monoisotopic (exact) mass is 265 g/mol. The van der Waals surface area contributed by atoms with Crippen LogP contribution in [0.2, 0.25) is 0 Å². The first kappa shape index (κ1) is 12.7. The van der Waals surface area contributed by atoms with Gasteiger partial charge in [-0.25, -0.2) is 4.98 Å². The van der Waals surface area contributed by atoms with Crippen molar-refractivity contribution in [1.82, 2.24) is 14.9 Å². The molecule has 0 saturated heterocycles. The highest BCUT2D eigenvalue weighted by molar-refractivity contribution is 5.23. The number of nitrogens with zero attached hydrogens (tertiary/aromatic N) is 2. The fraction of sp³-hybridized carbons (Fsp3) is 0.235. The predicted molar refractivity (Wildman–Crippen MR) is 80.7 cm³/mol. The molecule has 1 heterocycles. The molecule has 0 bridgehead atoms. The first-order chi connectivity index (χ1) is 9.92. The Morgan fingerprint density at radius 1 is 1.10 bits per heavy atom. The van der Waals surface area contributed by atoms with Gasteiger partial charge in [0, 0.05) is 24.6 Å². The molecule has 2 aromatic rings. The number of aromatic amines is 1. The number of H-pyrrole nitrogens is 1. The van der Waals surface area contributed by atoms with E-state index in [0.29, 0.717) is 0 Å². The van der Waals surface area contributed by atoms with E-state index in [9.17, 15) is 0 Å². The molecule has 3 rings (SSSR count). The third kappa shape index (κ3) is 3.18. The van der Waals surface area contributed by atoms with E-state index >= 15 is 0 Å². The molecule has 0 unspecified atom stereocenters. The lowest BCUT2D eigenvalue weighted by Gasteiger charge is -2.26. The zero-order chi connectivity index (χ0) is 13.6. The van der Waals surface area contributed by atoms with Gasteiger partial charge < -0.3 is 9.88 Å². The fourth-order valence-electron chi connectivity index (χ4n) is 2.44. The van der Waals surface area contributed by atoms with Gasteiger partial charge in [0.1, 0.15) is 5.82 Å². The molecule has 1 aliphatic carbocycles. The molecule has 3 heteroatoms. The molecule has 20 heavy (non-hydrogen) atoms. The van der Waals surface area contributed by atoms with Crippen LogP contribution in [0.3, 0.4) is 0 Å². The molecule has 0 amide bonds. The van der Waals surface area contributed by atoms with Crippen LogP contribution in [0, 0.1) is 0 Å². The van der Waals surface area contributed by atoms with E-state index in [1.54, 1.807) is 6.20 Å². The molecule has 0 atom stereocenters. The average molecular weight is 265 g/mol. The topological polar surface area (TPSA) is 31.9 Å². The highest BCUT2D eigenvalue weighted by atomic mass is 15.2. The van der Waals surface area contributed by atoms with Crippen molar-refractivity contribution < 1.29 is 0 Å². The van der Waals surface area contributed by atoms with Gasteiger partial charge in [0.15, 0.2) is 0 Å². The summed E-state index contributed by atoms with van der Waals surface area (Å²) in [6.45, 7) is 1.70. The van der Waals surface area contributed by atoms with Crippen molar-refractivity contribution >= 4 is 0 Å². The van der Waals surface area contributed by atoms with Gasteiger partial charge in [-0.3, -0.25) is 0 Å². The molecular weight excluding hydrogens is 246 g/mol. The van der Waals surface area contributed by atoms with Crippen molar-refractivity contribution in [2.24, 2.45) is 0 Å². The van der Waals surface area contributed by atoms with E-state index < -0.39 is 0 Å². The van der Waals surface area contributed by atoms with Gasteiger partial charge in [-0.05, 0) is 24.5 Å². The van der Waals surface area contributed by atoms with Gasteiger partial charge in [-0.15, -0.1) is 0 Å². The molecular formula is C17H19N3. The third-order valence-electron chi connectivity index (χ3n) is 3.45. The maximum absolute atomic E-state index is 4.34. The number of imidazole rings is 1. The highest BCUT2D eigenvalue weighted by Crippen LogP contribution is 2.19. The second-order valence-corrected chi connectivity index (χ2v) is 4.99. The predicted octanol–water partition coefficient (Wildman–Crippen LogP) is 3.65. The largest absolute Gasteiger partial charge is 0.360 e. The molecule has 102 valence electrons. The van der Waals surface area contributed by atoms with Crippen LogP contribution in [0.25, 0.3) is 0 Å². The Hall–Kier alpha value is -2.29. The van der Waals surface area contributed by atoms with E-state index in [-0.39, 0.29) is 0 Å². The molecule has 0 saturated carbocycles. The van der Waals surface area contributed by atoms with Crippen LogP contribution in [0.4, 0.5) is 0 Å². The SMILES string of the molecule is C1=CC(N(Cc2ccccc2)Cc2ncc[nH]2)=CCC1. The van der Waals surface area contributed by atoms with E-state index in [1.165, 1.54) is 11.3 Å². The van der Waals surface area contributed by atoms with Gasteiger partial charge >= 0.3 is 0 Å². The third-order valence-corrected chi connectivity index (χ3v) is 3.45. The molecule has 1 aliphatic rings. The van der Waals surface area contributed by atoms with Gasteiger partial charge in [-0.1, -0.05) is 42.5 Å². The first-order valence-corrected chi connectivity index (χ1v) is 7.05. The summed E-state index contributed by atoms with van der Waals surface area (Å²) in [4.78, 5) is 9.90. The molecule has 0 radical (unpaired) electrons. The minimum atomic E-state index is 0.804. The lowest BCUT2D eigenvalue weighted by atomic mass is 10.1. The van der Waals surface area contributed by atoms with Crippen LogP contribution in [0.15, 0.2) is 66.7 Å². The lowest BCUT2D eigenvalue weighted by molar-refractivity contribution is 0.329. The van der Waals surface area contributed by atoms with Gasteiger partial charge in [0.2, 0.25) is 0 Å². The van der Waals surface area contributed by atoms with Gasteiger partial charge in [0.05, 0.1) is 6.54 Å². The molecule has 1 aromatic carbocycles. The lowest BCUT2D eigenvalue weighted by Crippen LogP contribution is -2.22. The van der Waals surface area contributed by atoms with Crippen molar-refractivity contribution in [1.29, 1.82) is 0 Å². The molecule has 0 aliphatic heterocycles. The van der Waals surface area contributed by atoms with Crippen LogP contribution in [-0.2, 0) is 13.1 Å². The Morgan fingerprint density at radius 3 is 2.70 bits per heavy atom. The highest BCUT2D eigenvalue weighted by Gasteiger charge is 2.11. The van der Waals surface area contributed by atoms with Crippen LogP contribution < -0.4 is 0 Å². The van der Waals surface area contributed by atoms with Crippen LogP contribution in [0.1, 0.15) is 24.2 Å². The second kappa shape index (κ2) is 6.24. The smallest absolute Gasteiger partial charge is 0.125 e. The first-order valence-electron chi connectivity index (χ1n) is 7.05. The summed E-state index contributed by atoms with van der Waals surface area (Å²) in [6, 6.07) is 10.6. The Labute approximate surface area is 119 Å². The summed E-state index contributed by atoms with van der Waals surface area (Å²) in [5.74, 6) is 1.00. The number of benzene rings is 1. The van der Waals surface area contributed by atoms with Crippen molar-refractivity contribution in [3.8, 4) is 0 Å². The van der Waals surface area contributed by atoms with Gasteiger partial charge in [-0.2, -0.15) is 0 Å². The summed E-state index contributed by atoms with van der Waals surface area (Å²) in [5.41, 5.74) is 2.61. The van der Waals surface area contributed by atoms with Crippen LogP contribution in [-0.4, -0.2) is 14.9 Å². The number of hydrogen-bond donors (Lipinski definition) is 1. The maximum Gasteiger partial charge on any atom is 0.125 e. The number of aromatic nitrogens is 2. The molecule has 0 fully saturated rings. The number of allylic oxidation sites excluding steroid dienone is 3. The quantitative estimate of drug-likeness (QED) is 0.895. The van der Waals surface area contributed by atoms with Crippen LogP contribution in [0.5, 0.6) is 0 Å². The minimum Gasteiger partial charge on any atom is -0.360 e. The zero-order valence-corrected chi connectivity index (χ0v) is 11.5. The minimum absolute atomic E-state index is 0.804. The van der Waals surface area contributed by atoms with E-state index in [1.807, 2.05) is 6.20 Å². The van der Waals surface area contributed by atoms with Crippen molar-refractivity contribution in [2.45, 2.75) is 25.9 Å². The summed E-state index contributed by atoms with van der Waals surface area (Å²) >= 11 is 0. The summed E-state index contributed by atoms with van der Waals surface area (Å²) in [6.07, 6.45) is 12.7. The number of hydrogen-bond acceptors (Lipinski definition) is 2. The average Bonchev–Trinajstić information content (AvgIpc) is 3.02. The Morgan fingerprint density at radius 2 is 2.00 bits per heavy atom. The van der Waals surface area contributed by atoms with Crippen molar-refractivity contribution in [2.75, 3.05) is 0 Å². The summed E-state index contributed by atoms with van der Waals surface area (Å²) in [5, 5.41) is 0. The molecule has 0 spiro atoms. The normalized spacial score (nSPS) is 14.1. The Balaban J connectivity index is 1.79. The fourth-order valence-corrected chi connectivity index (χ4v) is 2.44. The Bertz CT molecular complexity index is 582. The molecule has 3 nitrogen and oxygen atoms in total. The van der Waals surface area contributed by atoms with Crippen molar-refractivity contribution in [3.05, 3.63) is 78.0 Å². The number of nitrogens with one attached hydrogen (secondary N) is 1. The van der Waals surface area contributed by atoms with E-state index in [4.69, 9.17) is 0 Å². The van der Waals surface area contributed by atoms with E-state index in [2.05, 4.69) is 63.4 Å².